The molecular weight excluding hydrogens is 281 g/mol. The molecule has 0 aliphatic carbocycles. The normalized spacial score (nSPS) is 17.0. The second kappa shape index (κ2) is 6.36. The van der Waals surface area contributed by atoms with Gasteiger partial charge in [-0.15, -0.1) is 0 Å². The molecule has 2 aromatic rings. The van der Waals surface area contributed by atoms with Gasteiger partial charge < -0.3 is 14.8 Å². The van der Waals surface area contributed by atoms with Gasteiger partial charge in [0.25, 0.3) is 0 Å². The van der Waals surface area contributed by atoms with Crippen LogP contribution in [0.25, 0.3) is 0 Å². The van der Waals surface area contributed by atoms with Crippen LogP contribution in [0.1, 0.15) is 29.7 Å². The molecule has 0 saturated carbocycles. The van der Waals surface area contributed by atoms with Gasteiger partial charge in [-0.2, -0.15) is 0 Å². The van der Waals surface area contributed by atoms with Gasteiger partial charge in [0, 0.05) is 17.5 Å². The molecule has 0 saturated heterocycles. The Morgan fingerprint density at radius 1 is 1.18 bits per heavy atom. The standard InChI is InChI=1S/C18H20FNO2/c1-3-22-17-10-12-8-9-20-18(14(12)11-16(17)21-2)13-6-4-5-7-15(13)19/h4-7,10-11,18,20H,3,8-9H2,1-2H3/p+1/t18-/m0/s1. The summed E-state index contributed by atoms with van der Waals surface area (Å²) in [5.74, 6) is 1.31. The number of fused-ring (bicyclic) bond motifs is 1. The van der Waals surface area contributed by atoms with Crippen LogP contribution in [-0.4, -0.2) is 20.3 Å². The first-order valence-corrected chi connectivity index (χ1v) is 7.66. The average Bonchev–Trinajstić information content (AvgIpc) is 2.54. The van der Waals surface area contributed by atoms with Crippen molar-refractivity contribution in [3.63, 3.8) is 0 Å². The monoisotopic (exact) mass is 302 g/mol. The largest absolute Gasteiger partial charge is 0.493 e. The summed E-state index contributed by atoms with van der Waals surface area (Å²) in [7, 11) is 1.63. The number of hydrogen-bond donors (Lipinski definition) is 1. The highest BCUT2D eigenvalue weighted by Crippen LogP contribution is 2.36. The molecule has 116 valence electrons. The molecule has 1 atom stereocenters. The minimum atomic E-state index is -0.163. The van der Waals surface area contributed by atoms with Crippen molar-refractivity contribution >= 4 is 0 Å². The number of ether oxygens (including phenoxy) is 2. The molecule has 0 amide bonds. The molecule has 0 radical (unpaired) electrons. The Morgan fingerprint density at radius 2 is 2.00 bits per heavy atom. The van der Waals surface area contributed by atoms with E-state index in [2.05, 4.69) is 5.32 Å². The van der Waals surface area contributed by atoms with Gasteiger partial charge in [-0.05, 0) is 36.8 Å². The molecule has 0 aromatic heterocycles. The van der Waals surface area contributed by atoms with Gasteiger partial charge in [0.1, 0.15) is 11.9 Å². The summed E-state index contributed by atoms with van der Waals surface area (Å²) >= 11 is 0. The van der Waals surface area contributed by atoms with E-state index in [0.29, 0.717) is 12.4 Å². The van der Waals surface area contributed by atoms with Crippen LogP contribution in [0.3, 0.4) is 0 Å². The van der Waals surface area contributed by atoms with E-state index in [4.69, 9.17) is 9.47 Å². The Hall–Kier alpha value is -2.07. The summed E-state index contributed by atoms with van der Waals surface area (Å²) in [4.78, 5) is 0. The van der Waals surface area contributed by atoms with Gasteiger partial charge in [0.2, 0.25) is 0 Å². The van der Waals surface area contributed by atoms with Crippen LogP contribution in [0.5, 0.6) is 11.5 Å². The third-order valence-corrected chi connectivity index (χ3v) is 4.12. The van der Waals surface area contributed by atoms with Crippen LogP contribution < -0.4 is 14.8 Å². The first-order valence-electron chi connectivity index (χ1n) is 7.66. The first-order chi connectivity index (χ1) is 10.7. The molecule has 0 unspecified atom stereocenters. The summed E-state index contributed by atoms with van der Waals surface area (Å²) < 4.78 is 25.3. The van der Waals surface area contributed by atoms with Gasteiger partial charge in [0.05, 0.1) is 20.3 Å². The lowest BCUT2D eigenvalue weighted by atomic mass is 9.89. The van der Waals surface area contributed by atoms with E-state index in [0.717, 1.165) is 29.8 Å². The molecule has 1 aliphatic rings. The van der Waals surface area contributed by atoms with Gasteiger partial charge in [-0.3, -0.25) is 0 Å². The third kappa shape index (κ3) is 2.66. The maximum absolute atomic E-state index is 14.2. The Balaban J connectivity index is 2.08. The van der Waals surface area contributed by atoms with Gasteiger partial charge in [0.15, 0.2) is 11.5 Å². The molecular formula is C18H21FNO2+. The number of quaternary nitrogens is 1. The van der Waals surface area contributed by atoms with Crippen LogP contribution in [0.15, 0.2) is 36.4 Å². The second-order valence-electron chi connectivity index (χ2n) is 5.41. The molecule has 1 aliphatic heterocycles. The highest BCUT2D eigenvalue weighted by molar-refractivity contribution is 5.50. The number of rotatable bonds is 4. The first kappa shape index (κ1) is 14.9. The molecule has 3 rings (SSSR count). The lowest BCUT2D eigenvalue weighted by molar-refractivity contribution is -0.690. The Morgan fingerprint density at radius 3 is 2.73 bits per heavy atom. The highest BCUT2D eigenvalue weighted by atomic mass is 19.1. The topological polar surface area (TPSA) is 35.1 Å². The van der Waals surface area contributed by atoms with Crippen LogP contribution in [0.2, 0.25) is 0 Å². The molecule has 0 fully saturated rings. The molecule has 2 aromatic carbocycles. The minimum absolute atomic E-state index is 0.0328. The SMILES string of the molecule is CCOc1cc2c(cc1OC)[C@H](c1ccccc1F)[NH2+]CC2. The molecule has 4 heteroatoms. The Kier molecular flexibility index (Phi) is 4.29. The molecule has 0 bridgehead atoms. The van der Waals surface area contributed by atoms with Crippen LogP contribution in [-0.2, 0) is 6.42 Å². The van der Waals surface area contributed by atoms with Gasteiger partial charge in [-0.25, -0.2) is 4.39 Å². The fraction of sp³-hybridized carbons (Fsp3) is 0.333. The number of nitrogens with two attached hydrogens (primary N) is 1. The van der Waals surface area contributed by atoms with Crippen molar-refractivity contribution in [2.24, 2.45) is 0 Å². The molecule has 3 nitrogen and oxygen atoms in total. The van der Waals surface area contributed by atoms with Crippen molar-refractivity contribution in [3.8, 4) is 11.5 Å². The summed E-state index contributed by atoms with van der Waals surface area (Å²) in [5, 5.41) is 2.18. The van der Waals surface area contributed by atoms with Crippen molar-refractivity contribution in [2.75, 3.05) is 20.3 Å². The highest BCUT2D eigenvalue weighted by Gasteiger charge is 2.28. The minimum Gasteiger partial charge on any atom is -0.493 e. The summed E-state index contributed by atoms with van der Waals surface area (Å²) in [6.07, 6.45) is 0.949. The predicted octanol–water partition coefficient (Wildman–Crippen LogP) is 2.44. The van der Waals surface area contributed by atoms with Gasteiger partial charge >= 0.3 is 0 Å². The van der Waals surface area contributed by atoms with E-state index in [1.165, 1.54) is 11.6 Å². The third-order valence-electron chi connectivity index (χ3n) is 4.12. The van der Waals surface area contributed by atoms with E-state index in [-0.39, 0.29) is 11.9 Å². The maximum Gasteiger partial charge on any atom is 0.161 e. The fourth-order valence-corrected chi connectivity index (χ4v) is 3.11. The van der Waals surface area contributed by atoms with Crippen LogP contribution >= 0.6 is 0 Å². The summed E-state index contributed by atoms with van der Waals surface area (Å²) in [5.41, 5.74) is 3.03. The zero-order chi connectivity index (χ0) is 15.5. The zero-order valence-electron chi connectivity index (χ0n) is 12.9. The molecule has 2 N–H and O–H groups in total. The lowest BCUT2D eigenvalue weighted by Gasteiger charge is -2.26. The van der Waals surface area contributed by atoms with Crippen molar-refractivity contribution in [1.82, 2.24) is 0 Å². The van der Waals surface area contributed by atoms with E-state index < -0.39 is 0 Å². The number of halogens is 1. The molecule has 1 heterocycles. The van der Waals surface area contributed by atoms with Crippen molar-refractivity contribution in [2.45, 2.75) is 19.4 Å². The second-order valence-corrected chi connectivity index (χ2v) is 5.41. The average molecular weight is 302 g/mol. The fourth-order valence-electron chi connectivity index (χ4n) is 3.11. The van der Waals surface area contributed by atoms with E-state index in [1.54, 1.807) is 13.2 Å². The molecule has 22 heavy (non-hydrogen) atoms. The maximum atomic E-state index is 14.2. The van der Waals surface area contributed by atoms with Crippen LogP contribution in [0, 0.1) is 5.82 Å². The zero-order valence-corrected chi connectivity index (χ0v) is 12.9. The molecule has 0 spiro atoms. The predicted molar refractivity (Wildman–Crippen MR) is 82.9 cm³/mol. The van der Waals surface area contributed by atoms with Crippen molar-refractivity contribution < 1.29 is 19.2 Å². The summed E-state index contributed by atoms with van der Waals surface area (Å²) in [6.45, 7) is 3.48. The van der Waals surface area contributed by atoms with E-state index in [1.807, 2.05) is 31.2 Å². The van der Waals surface area contributed by atoms with Crippen molar-refractivity contribution in [1.29, 1.82) is 0 Å². The number of benzene rings is 2. The lowest BCUT2D eigenvalue weighted by Crippen LogP contribution is -2.87. The number of methoxy groups -OCH3 is 1. The Labute approximate surface area is 130 Å². The number of hydrogen-bond acceptors (Lipinski definition) is 2. The van der Waals surface area contributed by atoms with Crippen LogP contribution in [0.4, 0.5) is 4.39 Å². The van der Waals surface area contributed by atoms with Gasteiger partial charge in [-0.1, -0.05) is 12.1 Å². The van der Waals surface area contributed by atoms with E-state index >= 15 is 0 Å². The smallest absolute Gasteiger partial charge is 0.161 e. The van der Waals surface area contributed by atoms with Crippen molar-refractivity contribution in [3.05, 3.63) is 58.9 Å². The van der Waals surface area contributed by atoms with E-state index in [9.17, 15) is 4.39 Å². The summed E-state index contributed by atoms with van der Waals surface area (Å²) in [6, 6.07) is 11.0. The quantitative estimate of drug-likeness (QED) is 0.941. The Bertz CT molecular complexity index is 672.